The quantitative estimate of drug-likeness (QED) is 0.678. The van der Waals surface area contributed by atoms with E-state index >= 15 is 0 Å². The van der Waals surface area contributed by atoms with Gasteiger partial charge in [0.25, 0.3) is 0 Å². The van der Waals surface area contributed by atoms with Crippen LogP contribution < -0.4 is 25.3 Å². The number of ether oxygens (including phenoxy) is 1. The molecule has 2 aliphatic heterocycles. The molecular formula is C22H22N8O. The SMILES string of the molecule is CNc1ccc2c(n1)N1C=NNC1N=C2N(C)c1cccc(-c2ccc(OC)nc2)c1. The summed E-state index contributed by atoms with van der Waals surface area (Å²) in [4.78, 5) is 17.9. The number of fused-ring (bicyclic) bond motifs is 3. The molecule has 0 fully saturated rings. The molecule has 3 aromatic rings. The van der Waals surface area contributed by atoms with Crippen LogP contribution in [-0.4, -0.2) is 49.6 Å². The van der Waals surface area contributed by atoms with E-state index < -0.39 is 0 Å². The number of aliphatic imine (C=N–C) groups is 1. The van der Waals surface area contributed by atoms with Crippen LogP contribution in [0.4, 0.5) is 17.3 Å². The third-order valence-electron chi connectivity index (χ3n) is 5.33. The molecular weight excluding hydrogens is 392 g/mol. The van der Waals surface area contributed by atoms with Gasteiger partial charge in [0.1, 0.15) is 23.8 Å². The predicted molar refractivity (Wildman–Crippen MR) is 123 cm³/mol. The zero-order valence-corrected chi connectivity index (χ0v) is 17.4. The van der Waals surface area contributed by atoms with E-state index in [2.05, 4.69) is 43.9 Å². The van der Waals surface area contributed by atoms with Gasteiger partial charge in [0.2, 0.25) is 12.2 Å². The largest absolute Gasteiger partial charge is 0.481 e. The van der Waals surface area contributed by atoms with Crippen molar-refractivity contribution in [1.29, 1.82) is 0 Å². The molecule has 1 atom stereocenters. The van der Waals surface area contributed by atoms with Gasteiger partial charge in [-0.3, -0.25) is 10.3 Å². The minimum absolute atomic E-state index is 0.321. The maximum atomic E-state index is 5.16. The van der Waals surface area contributed by atoms with Crippen molar-refractivity contribution in [2.45, 2.75) is 6.29 Å². The van der Waals surface area contributed by atoms with Crippen LogP contribution in [0.2, 0.25) is 0 Å². The summed E-state index contributed by atoms with van der Waals surface area (Å²) < 4.78 is 5.16. The van der Waals surface area contributed by atoms with E-state index in [-0.39, 0.29) is 6.29 Å². The zero-order chi connectivity index (χ0) is 21.4. The first-order chi connectivity index (χ1) is 15.2. The van der Waals surface area contributed by atoms with E-state index in [4.69, 9.17) is 14.7 Å². The number of hydrogen-bond donors (Lipinski definition) is 2. The van der Waals surface area contributed by atoms with E-state index in [0.29, 0.717) is 5.88 Å². The van der Waals surface area contributed by atoms with Crippen molar-refractivity contribution in [3.63, 3.8) is 0 Å². The van der Waals surface area contributed by atoms with Gasteiger partial charge in [-0.15, -0.1) is 0 Å². The van der Waals surface area contributed by atoms with Gasteiger partial charge in [-0.2, -0.15) is 5.10 Å². The third kappa shape index (κ3) is 3.29. The number of amidine groups is 1. The van der Waals surface area contributed by atoms with E-state index in [1.165, 1.54) is 0 Å². The summed E-state index contributed by atoms with van der Waals surface area (Å²) in [7, 11) is 5.47. The number of benzene rings is 1. The number of nitrogens with one attached hydrogen (secondary N) is 2. The van der Waals surface area contributed by atoms with Crippen LogP contribution in [0.5, 0.6) is 5.88 Å². The summed E-state index contributed by atoms with van der Waals surface area (Å²) in [5.41, 5.74) is 7.03. The molecule has 0 saturated heterocycles. The van der Waals surface area contributed by atoms with Gasteiger partial charge < -0.3 is 15.0 Å². The molecule has 1 unspecified atom stereocenters. The maximum absolute atomic E-state index is 5.16. The second-order valence-electron chi connectivity index (χ2n) is 7.12. The molecule has 4 heterocycles. The Morgan fingerprint density at radius 3 is 2.81 bits per heavy atom. The highest BCUT2D eigenvalue weighted by Crippen LogP contribution is 2.32. The smallest absolute Gasteiger partial charge is 0.219 e. The monoisotopic (exact) mass is 414 g/mol. The van der Waals surface area contributed by atoms with Crippen LogP contribution in [0.1, 0.15) is 5.56 Å². The topological polar surface area (TPSA) is 90.3 Å². The first-order valence-corrected chi connectivity index (χ1v) is 9.86. The molecule has 0 bridgehead atoms. The summed E-state index contributed by atoms with van der Waals surface area (Å²) >= 11 is 0. The lowest BCUT2D eigenvalue weighted by molar-refractivity contribution is 0.398. The van der Waals surface area contributed by atoms with E-state index in [1.807, 2.05) is 55.5 Å². The number of pyridine rings is 2. The van der Waals surface area contributed by atoms with Crippen LogP contribution >= 0.6 is 0 Å². The summed E-state index contributed by atoms with van der Waals surface area (Å²) in [6.07, 6.45) is 3.21. The Hall–Kier alpha value is -4.14. The Kier molecular flexibility index (Phi) is 4.62. The second kappa shape index (κ2) is 7.60. The molecule has 0 saturated carbocycles. The van der Waals surface area contributed by atoms with Gasteiger partial charge in [-0.05, 0) is 35.9 Å². The molecule has 0 spiro atoms. The van der Waals surface area contributed by atoms with Crippen molar-refractivity contribution < 1.29 is 4.74 Å². The normalized spacial score (nSPS) is 16.2. The van der Waals surface area contributed by atoms with Crippen LogP contribution in [0.25, 0.3) is 11.1 Å². The molecule has 5 rings (SSSR count). The van der Waals surface area contributed by atoms with Crippen molar-refractivity contribution in [2.24, 2.45) is 10.1 Å². The summed E-state index contributed by atoms with van der Waals surface area (Å²) in [6.45, 7) is 0. The molecule has 0 radical (unpaired) electrons. The molecule has 2 aliphatic rings. The molecule has 2 N–H and O–H groups in total. The number of aromatic nitrogens is 2. The molecule has 9 heteroatoms. The lowest BCUT2D eigenvalue weighted by Gasteiger charge is -2.32. The van der Waals surface area contributed by atoms with E-state index in [0.717, 1.165) is 39.8 Å². The van der Waals surface area contributed by atoms with Crippen molar-refractivity contribution in [1.82, 2.24) is 15.4 Å². The number of methoxy groups -OCH3 is 1. The molecule has 31 heavy (non-hydrogen) atoms. The molecule has 156 valence electrons. The lowest BCUT2D eigenvalue weighted by Crippen LogP contribution is -2.44. The summed E-state index contributed by atoms with van der Waals surface area (Å²) in [6, 6.07) is 16.1. The Labute approximate surface area is 180 Å². The highest BCUT2D eigenvalue weighted by Gasteiger charge is 2.33. The van der Waals surface area contributed by atoms with Crippen LogP contribution in [0.15, 0.2) is 64.8 Å². The molecule has 1 aromatic carbocycles. The van der Waals surface area contributed by atoms with Gasteiger partial charge in [0.15, 0.2) is 0 Å². The van der Waals surface area contributed by atoms with Gasteiger partial charge in [0.05, 0.1) is 12.7 Å². The Balaban J connectivity index is 1.52. The van der Waals surface area contributed by atoms with Crippen molar-refractivity contribution in [3.05, 3.63) is 60.3 Å². The Morgan fingerprint density at radius 1 is 1.13 bits per heavy atom. The average molecular weight is 414 g/mol. The molecule has 0 aliphatic carbocycles. The van der Waals surface area contributed by atoms with Gasteiger partial charge in [-0.1, -0.05) is 12.1 Å². The maximum Gasteiger partial charge on any atom is 0.219 e. The second-order valence-corrected chi connectivity index (χ2v) is 7.12. The van der Waals surface area contributed by atoms with Gasteiger partial charge >= 0.3 is 0 Å². The number of anilines is 3. The Bertz CT molecular complexity index is 1170. The lowest BCUT2D eigenvalue weighted by atomic mass is 10.1. The van der Waals surface area contributed by atoms with Crippen molar-refractivity contribution in [2.75, 3.05) is 36.3 Å². The number of nitrogens with zero attached hydrogens (tertiary/aromatic N) is 6. The first-order valence-electron chi connectivity index (χ1n) is 9.86. The highest BCUT2D eigenvalue weighted by molar-refractivity contribution is 6.15. The third-order valence-corrected chi connectivity index (χ3v) is 5.33. The fourth-order valence-electron chi connectivity index (χ4n) is 3.65. The number of hydrazone groups is 1. The van der Waals surface area contributed by atoms with Gasteiger partial charge in [0, 0.05) is 37.6 Å². The first kappa shape index (κ1) is 18.9. The van der Waals surface area contributed by atoms with Crippen LogP contribution in [-0.2, 0) is 0 Å². The van der Waals surface area contributed by atoms with Gasteiger partial charge in [-0.25, -0.2) is 15.0 Å². The minimum atomic E-state index is -0.321. The fourth-order valence-corrected chi connectivity index (χ4v) is 3.65. The van der Waals surface area contributed by atoms with Crippen molar-refractivity contribution in [3.8, 4) is 17.0 Å². The summed E-state index contributed by atoms with van der Waals surface area (Å²) in [5, 5.41) is 7.26. The molecule has 0 amide bonds. The highest BCUT2D eigenvalue weighted by atomic mass is 16.5. The van der Waals surface area contributed by atoms with Crippen LogP contribution in [0, 0.1) is 0 Å². The van der Waals surface area contributed by atoms with E-state index in [9.17, 15) is 0 Å². The molecule has 9 nitrogen and oxygen atoms in total. The zero-order valence-electron chi connectivity index (χ0n) is 17.4. The van der Waals surface area contributed by atoms with Crippen molar-refractivity contribution >= 4 is 29.5 Å². The minimum Gasteiger partial charge on any atom is -0.481 e. The predicted octanol–water partition coefficient (Wildman–Crippen LogP) is 2.73. The number of hydrogen-bond acceptors (Lipinski definition) is 9. The van der Waals surface area contributed by atoms with E-state index in [1.54, 1.807) is 13.4 Å². The standard InChI is InChI=1S/C22H22N8O/c1-23-18-9-8-17-20(27-22-28-25-13-30(22)21(17)26-18)29(2)16-6-4-5-14(11-16)15-7-10-19(31-3)24-12-15/h4-13,22,28H,1-3H3,(H,23,26). The fraction of sp³-hybridized carbons (Fsp3) is 0.182. The molecule has 2 aromatic heterocycles. The average Bonchev–Trinajstić information content (AvgIpc) is 3.32. The Morgan fingerprint density at radius 2 is 2.03 bits per heavy atom. The number of rotatable bonds is 4. The summed E-state index contributed by atoms with van der Waals surface area (Å²) in [5.74, 6) is 3.00. The van der Waals surface area contributed by atoms with Crippen LogP contribution in [0.3, 0.4) is 0 Å².